The monoisotopic (exact) mass is 273 g/mol. The highest BCUT2D eigenvalue weighted by Gasteiger charge is 2.08. The highest BCUT2D eigenvalue weighted by molar-refractivity contribution is 5.89. The Morgan fingerprint density at radius 3 is 2.85 bits per heavy atom. The number of aromatic nitrogens is 2. The van der Waals surface area contributed by atoms with Crippen molar-refractivity contribution in [3.8, 4) is 0 Å². The Kier molecular flexibility index (Phi) is 4.14. The van der Waals surface area contributed by atoms with Crippen LogP contribution in [0.5, 0.6) is 0 Å². The average Bonchev–Trinajstić information content (AvgIpc) is 2.38. The van der Waals surface area contributed by atoms with E-state index in [0.717, 1.165) is 5.56 Å². The number of aromatic amines is 1. The molecule has 2 aromatic rings. The molecule has 1 aromatic carbocycles. The number of hydrogen-bond acceptors (Lipinski definition) is 4. The second kappa shape index (κ2) is 6.01. The molecule has 20 heavy (non-hydrogen) atoms. The van der Waals surface area contributed by atoms with E-state index in [1.807, 2.05) is 0 Å². The minimum Gasteiger partial charge on any atom is -0.478 e. The van der Waals surface area contributed by atoms with E-state index in [1.165, 1.54) is 6.07 Å². The second-order valence-electron chi connectivity index (χ2n) is 4.36. The molecule has 0 amide bonds. The Hall–Kier alpha value is -2.63. The summed E-state index contributed by atoms with van der Waals surface area (Å²) in [6, 6.07) is 8.23. The molecule has 0 aliphatic rings. The lowest BCUT2D eigenvalue weighted by atomic mass is 10.0. The van der Waals surface area contributed by atoms with Crippen molar-refractivity contribution in [3.63, 3.8) is 0 Å². The number of carboxylic acids is 1. The number of nitrogens with zero attached hydrogens (tertiary/aromatic N) is 1. The van der Waals surface area contributed by atoms with E-state index in [1.54, 1.807) is 31.2 Å². The first-order valence-electron chi connectivity index (χ1n) is 6.19. The number of hydrogen-bond donors (Lipinski definition) is 3. The van der Waals surface area contributed by atoms with Gasteiger partial charge in [-0.2, -0.15) is 0 Å². The van der Waals surface area contributed by atoms with Crippen LogP contribution in [0.2, 0.25) is 0 Å². The molecular formula is C14H15N3O3. The molecule has 0 atom stereocenters. The van der Waals surface area contributed by atoms with E-state index in [0.29, 0.717) is 30.2 Å². The molecule has 0 radical (unpaired) electrons. The van der Waals surface area contributed by atoms with Crippen molar-refractivity contribution in [1.29, 1.82) is 0 Å². The maximum Gasteiger partial charge on any atom is 0.335 e. The first-order valence-corrected chi connectivity index (χ1v) is 6.19. The van der Waals surface area contributed by atoms with Crippen LogP contribution in [0.15, 0.2) is 35.1 Å². The number of carbonyl (C=O) groups is 1. The molecule has 0 saturated heterocycles. The predicted octanol–water partition coefficient (Wildman–Crippen LogP) is 1.43. The molecule has 0 saturated carbocycles. The molecule has 3 N–H and O–H groups in total. The van der Waals surface area contributed by atoms with Crippen molar-refractivity contribution in [2.45, 2.75) is 13.3 Å². The van der Waals surface area contributed by atoms with Crippen LogP contribution in [0, 0.1) is 6.92 Å². The lowest BCUT2D eigenvalue weighted by Gasteiger charge is -2.08. The Morgan fingerprint density at radius 2 is 2.15 bits per heavy atom. The van der Waals surface area contributed by atoms with Gasteiger partial charge in [-0.1, -0.05) is 18.2 Å². The van der Waals surface area contributed by atoms with Crippen LogP contribution in [-0.4, -0.2) is 27.6 Å². The van der Waals surface area contributed by atoms with Gasteiger partial charge in [-0.25, -0.2) is 9.78 Å². The number of anilines is 1. The fourth-order valence-corrected chi connectivity index (χ4v) is 1.94. The number of aromatic carboxylic acids is 1. The van der Waals surface area contributed by atoms with E-state index in [2.05, 4.69) is 15.3 Å². The van der Waals surface area contributed by atoms with Crippen molar-refractivity contribution in [2.75, 3.05) is 11.9 Å². The van der Waals surface area contributed by atoms with Crippen LogP contribution in [-0.2, 0) is 6.42 Å². The van der Waals surface area contributed by atoms with Crippen molar-refractivity contribution in [1.82, 2.24) is 9.97 Å². The van der Waals surface area contributed by atoms with E-state index in [9.17, 15) is 9.59 Å². The van der Waals surface area contributed by atoms with Gasteiger partial charge in [-0.05, 0) is 25.0 Å². The van der Waals surface area contributed by atoms with Gasteiger partial charge >= 0.3 is 5.97 Å². The molecule has 104 valence electrons. The highest BCUT2D eigenvalue weighted by atomic mass is 16.4. The van der Waals surface area contributed by atoms with Crippen molar-refractivity contribution in [3.05, 3.63) is 57.6 Å². The third kappa shape index (κ3) is 3.44. The molecule has 6 heteroatoms. The Bertz CT molecular complexity index is 679. The van der Waals surface area contributed by atoms with Gasteiger partial charge in [0.2, 0.25) is 0 Å². The molecule has 0 unspecified atom stereocenters. The van der Waals surface area contributed by atoms with Crippen molar-refractivity contribution < 1.29 is 9.90 Å². The summed E-state index contributed by atoms with van der Waals surface area (Å²) in [4.78, 5) is 29.0. The van der Waals surface area contributed by atoms with Gasteiger partial charge in [0.05, 0.1) is 5.56 Å². The summed E-state index contributed by atoms with van der Waals surface area (Å²) in [5.74, 6) is 0.0794. The van der Waals surface area contributed by atoms with Crippen molar-refractivity contribution in [2.24, 2.45) is 0 Å². The van der Waals surface area contributed by atoms with Crippen LogP contribution < -0.4 is 10.9 Å². The normalized spacial score (nSPS) is 10.2. The fourth-order valence-electron chi connectivity index (χ4n) is 1.94. The zero-order valence-electron chi connectivity index (χ0n) is 11.0. The lowest BCUT2D eigenvalue weighted by molar-refractivity contribution is 0.0695. The average molecular weight is 273 g/mol. The maximum absolute atomic E-state index is 11.3. The fraction of sp³-hybridized carbons (Fsp3) is 0.214. The van der Waals surface area contributed by atoms with Crippen LogP contribution in [0.3, 0.4) is 0 Å². The number of nitrogens with one attached hydrogen (secondary N) is 2. The Labute approximate surface area is 115 Å². The third-order valence-electron chi connectivity index (χ3n) is 2.81. The number of H-pyrrole nitrogens is 1. The molecule has 6 nitrogen and oxygen atoms in total. The molecule has 0 fully saturated rings. The van der Waals surface area contributed by atoms with Gasteiger partial charge in [-0.15, -0.1) is 0 Å². The summed E-state index contributed by atoms with van der Waals surface area (Å²) in [5, 5.41) is 12.1. The van der Waals surface area contributed by atoms with E-state index < -0.39 is 5.97 Å². The number of benzene rings is 1. The van der Waals surface area contributed by atoms with E-state index in [-0.39, 0.29) is 5.56 Å². The summed E-state index contributed by atoms with van der Waals surface area (Å²) in [6.07, 6.45) is 0.538. The van der Waals surface area contributed by atoms with Gasteiger partial charge in [0, 0.05) is 12.6 Å². The smallest absolute Gasteiger partial charge is 0.335 e. The van der Waals surface area contributed by atoms with Gasteiger partial charge in [0.1, 0.15) is 11.6 Å². The molecule has 1 heterocycles. The topological polar surface area (TPSA) is 95.1 Å². The van der Waals surface area contributed by atoms with Crippen LogP contribution in [0.25, 0.3) is 0 Å². The maximum atomic E-state index is 11.3. The molecular weight excluding hydrogens is 258 g/mol. The van der Waals surface area contributed by atoms with E-state index >= 15 is 0 Å². The van der Waals surface area contributed by atoms with Gasteiger partial charge in [-0.3, -0.25) is 4.79 Å². The summed E-state index contributed by atoms with van der Waals surface area (Å²) < 4.78 is 0. The standard InChI is InChI=1S/C14H15N3O3/c1-9-16-12(8-13(18)17-9)15-7-6-10-4-2-3-5-11(10)14(19)20/h2-5,8H,6-7H2,1H3,(H,19,20)(H2,15,16,17,18). The molecule has 0 bridgehead atoms. The first-order chi connectivity index (χ1) is 9.56. The molecule has 0 aliphatic heterocycles. The van der Waals surface area contributed by atoms with Gasteiger partial charge in [0.15, 0.2) is 0 Å². The number of aryl methyl sites for hydroxylation is 1. The Morgan fingerprint density at radius 1 is 1.40 bits per heavy atom. The zero-order valence-corrected chi connectivity index (χ0v) is 11.0. The molecule has 0 spiro atoms. The number of rotatable bonds is 5. The number of carboxylic acid groups (broad SMARTS) is 1. The van der Waals surface area contributed by atoms with Crippen LogP contribution in [0.4, 0.5) is 5.82 Å². The zero-order chi connectivity index (χ0) is 14.5. The lowest BCUT2D eigenvalue weighted by Crippen LogP contribution is -2.14. The SMILES string of the molecule is Cc1nc(NCCc2ccccc2C(=O)O)cc(=O)[nH]1. The van der Waals surface area contributed by atoms with Gasteiger partial charge < -0.3 is 15.4 Å². The third-order valence-corrected chi connectivity index (χ3v) is 2.81. The minimum atomic E-state index is -0.939. The van der Waals surface area contributed by atoms with Gasteiger partial charge in [0.25, 0.3) is 5.56 Å². The largest absolute Gasteiger partial charge is 0.478 e. The summed E-state index contributed by atoms with van der Waals surface area (Å²) >= 11 is 0. The quantitative estimate of drug-likeness (QED) is 0.766. The minimum absolute atomic E-state index is 0.217. The molecule has 0 aliphatic carbocycles. The van der Waals surface area contributed by atoms with E-state index in [4.69, 9.17) is 5.11 Å². The highest BCUT2D eigenvalue weighted by Crippen LogP contribution is 2.10. The van der Waals surface area contributed by atoms with Crippen LogP contribution in [0.1, 0.15) is 21.7 Å². The molecule has 2 rings (SSSR count). The Balaban J connectivity index is 2.03. The van der Waals surface area contributed by atoms with Crippen LogP contribution >= 0.6 is 0 Å². The molecule has 1 aromatic heterocycles. The first kappa shape index (κ1) is 13.8. The summed E-state index contributed by atoms with van der Waals surface area (Å²) in [7, 11) is 0. The van der Waals surface area contributed by atoms with Crippen molar-refractivity contribution >= 4 is 11.8 Å². The predicted molar refractivity (Wildman–Crippen MR) is 75.2 cm³/mol. The summed E-state index contributed by atoms with van der Waals surface area (Å²) in [5.41, 5.74) is 0.823. The second-order valence-corrected chi connectivity index (χ2v) is 4.36. The summed E-state index contributed by atoms with van der Waals surface area (Å²) in [6.45, 7) is 2.20.